The number of rotatable bonds is 6. The highest BCUT2D eigenvalue weighted by atomic mass is 16.5. The van der Waals surface area contributed by atoms with E-state index < -0.39 is 18.5 Å². The van der Waals surface area contributed by atoms with Gasteiger partial charge in [0.1, 0.15) is 11.3 Å². The molecule has 0 unspecified atom stereocenters. The highest BCUT2D eigenvalue weighted by Crippen LogP contribution is 2.22. The Balaban J connectivity index is 1.62. The average molecular weight is 354 g/mol. The number of nitrogens with one attached hydrogen (secondary N) is 1. The molecular weight excluding hydrogens is 336 g/mol. The Morgan fingerprint density at radius 1 is 1.19 bits per heavy atom. The summed E-state index contributed by atoms with van der Waals surface area (Å²) in [5, 5.41) is 10.6. The number of methoxy groups -OCH3 is 1. The largest absolute Gasteiger partial charge is 0.495 e. The van der Waals surface area contributed by atoms with Crippen LogP contribution in [0.1, 0.15) is 17.3 Å². The Hall–Kier alpha value is -3.42. The van der Waals surface area contributed by atoms with Gasteiger partial charge in [0.15, 0.2) is 6.61 Å². The molecule has 0 radical (unpaired) electrons. The molecule has 0 saturated heterocycles. The topological polar surface area (TPSA) is 95.3 Å². The number of amides is 1. The van der Waals surface area contributed by atoms with E-state index in [-0.39, 0.29) is 0 Å². The van der Waals surface area contributed by atoms with Crippen molar-refractivity contribution in [3.8, 4) is 5.75 Å². The van der Waals surface area contributed by atoms with Gasteiger partial charge in [-0.1, -0.05) is 17.3 Å². The first-order valence-corrected chi connectivity index (χ1v) is 8.05. The number of nitrogens with zero attached hydrogens (tertiary/aromatic N) is 3. The van der Waals surface area contributed by atoms with Crippen molar-refractivity contribution in [3.63, 3.8) is 0 Å². The van der Waals surface area contributed by atoms with Crippen molar-refractivity contribution in [1.82, 2.24) is 15.0 Å². The van der Waals surface area contributed by atoms with Crippen LogP contribution in [-0.4, -0.2) is 40.6 Å². The molecule has 0 spiro atoms. The fourth-order valence-electron chi connectivity index (χ4n) is 2.48. The summed E-state index contributed by atoms with van der Waals surface area (Å²) in [6.45, 7) is 2.23. The zero-order valence-electron chi connectivity index (χ0n) is 14.4. The van der Waals surface area contributed by atoms with Crippen LogP contribution in [0.25, 0.3) is 11.0 Å². The standard InChI is InChI=1S/C18H18N4O4/c1-3-22-15-9-8-12(10-14(15)20-21-22)18(24)26-11-17(23)19-13-6-4-5-7-16(13)25-2/h4-10H,3,11H2,1-2H3,(H,19,23). The summed E-state index contributed by atoms with van der Waals surface area (Å²) < 4.78 is 12.0. The SMILES string of the molecule is CCn1nnc2cc(C(=O)OCC(=O)Nc3ccccc3OC)ccc21. The minimum absolute atomic E-state index is 0.311. The van der Waals surface area contributed by atoms with Gasteiger partial charge in [-0.2, -0.15) is 0 Å². The molecule has 26 heavy (non-hydrogen) atoms. The van der Waals surface area contributed by atoms with Crippen molar-refractivity contribution in [3.05, 3.63) is 48.0 Å². The van der Waals surface area contributed by atoms with Crippen LogP contribution in [-0.2, 0) is 16.1 Å². The summed E-state index contributed by atoms with van der Waals surface area (Å²) in [5.41, 5.74) is 2.25. The average Bonchev–Trinajstić information content (AvgIpc) is 3.08. The van der Waals surface area contributed by atoms with Crippen molar-refractivity contribution in [2.24, 2.45) is 0 Å². The maximum atomic E-state index is 12.2. The Morgan fingerprint density at radius 3 is 2.77 bits per heavy atom. The van der Waals surface area contributed by atoms with E-state index in [0.717, 1.165) is 5.52 Å². The molecule has 0 aliphatic carbocycles. The summed E-state index contributed by atoms with van der Waals surface area (Å²) in [5.74, 6) is -0.536. The molecule has 3 rings (SSSR count). The lowest BCUT2D eigenvalue weighted by molar-refractivity contribution is -0.119. The number of aromatic nitrogens is 3. The number of fused-ring (bicyclic) bond motifs is 1. The number of carbonyl (C=O) groups is 2. The van der Waals surface area contributed by atoms with Crippen LogP contribution in [0.2, 0.25) is 0 Å². The molecule has 0 saturated carbocycles. The lowest BCUT2D eigenvalue weighted by atomic mass is 10.2. The van der Waals surface area contributed by atoms with Gasteiger partial charge in [-0.25, -0.2) is 9.48 Å². The first-order chi connectivity index (χ1) is 12.6. The van der Waals surface area contributed by atoms with Gasteiger partial charge in [0, 0.05) is 6.54 Å². The van der Waals surface area contributed by atoms with Crippen LogP contribution in [0.15, 0.2) is 42.5 Å². The molecule has 1 heterocycles. The van der Waals surface area contributed by atoms with E-state index in [2.05, 4.69) is 15.6 Å². The van der Waals surface area contributed by atoms with Crippen LogP contribution in [0, 0.1) is 0 Å². The van der Waals surface area contributed by atoms with Gasteiger partial charge < -0.3 is 14.8 Å². The minimum atomic E-state index is -0.604. The number of ether oxygens (including phenoxy) is 2. The number of carbonyl (C=O) groups excluding carboxylic acids is 2. The van der Waals surface area contributed by atoms with E-state index in [0.29, 0.717) is 29.1 Å². The quantitative estimate of drug-likeness (QED) is 0.682. The zero-order valence-corrected chi connectivity index (χ0v) is 14.4. The van der Waals surface area contributed by atoms with E-state index in [1.807, 2.05) is 6.92 Å². The molecule has 8 nitrogen and oxygen atoms in total. The summed E-state index contributed by atoms with van der Waals surface area (Å²) in [6.07, 6.45) is 0. The molecule has 0 aliphatic rings. The molecule has 1 aromatic heterocycles. The van der Waals surface area contributed by atoms with Crippen LogP contribution in [0.4, 0.5) is 5.69 Å². The highest BCUT2D eigenvalue weighted by molar-refractivity contribution is 5.97. The van der Waals surface area contributed by atoms with E-state index in [9.17, 15) is 9.59 Å². The smallest absolute Gasteiger partial charge is 0.338 e. The number of aryl methyl sites for hydroxylation is 1. The van der Waals surface area contributed by atoms with E-state index in [1.165, 1.54) is 7.11 Å². The van der Waals surface area contributed by atoms with E-state index in [1.54, 1.807) is 47.1 Å². The van der Waals surface area contributed by atoms with Crippen LogP contribution < -0.4 is 10.1 Å². The molecule has 0 atom stereocenters. The molecule has 2 aromatic carbocycles. The molecular formula is C18H18N4O4. The summed E-state index contributed by atoms with van der Waals surface area (Å²) in [6, 6.07) is 11.9. The number of hydrogen-bond donors (Lipinski definition) is 1. The number of benzene rings is 2. The summed E-state index contributed by atoms with van der Waals surface area (Å²) >= 11 is 0. The number of hydrogen-bond acceptors (Lipinski definition) is 6. The Labute approximate surface area is 149 Å². The second-order valence-electron chi connectivity index (χ2n) is 5.43. The van der Waals surface area contributed by atoms with Gasteiger partial charge in [0.25, 0.3) is 5.91 Å². The third-order valence-electron chi connectivity index (χ3n) is 3.76. The molecule has 0 aliphatic heterocycles. The second kappa shape index (κ2) is 7.64. The zero-order chi connectivity index (χ0) is 18.5. The van der Waals surface area contributed by atoms with E-state index in [4.69, 9.17) is 9.47 Å². The van der Waals surface area contributed by atoms with Gasteiger partial charge in [-0.05, 0) is 37.3 Å². The third-order valence-corrected chi connectivity index (χ3v) is 3.76. The molecule has 3 aromatic rings. The molecule has 0 bridgehead atoms. The van der Waals surface area contributed by atoms with Crippen molar-refractivity contribution >= 4 is 28.6 Å². The lowest BCUT2D eigenvalue weighted by Gasteiger charge is -2.10. The lowest BCUT2D eigenvalue weighted by Crippen LogP contribution is -2.21. The monoisotopic (exact) mass is 354 g/mol. The fourth-order valence-corrected chi connectivity index (χ4v) is 2.48. The molecule has 134 valence electrons. The van der Waals surface area contributed by atoms with Crippen LogP contribution >= 0.6 is 0 Å². The van der Waals surface area contributed by atoms with Gasteiger partial charge in [-0.3, -0.25) is 4.79 Å². The van der Waals surface area contributed by atoms with Gasteiger partial charge in [0.05, 0.1) is 23.9 Å². The summed E-state index contributed by atoms with van der Waals surface area (Å²) in [4.78, 5) is 24.2. The Bertz CT molecular complexity index is 951. The third kappa shape index (κ3) is 3.64. The second-order valence-corrected chi connectivity index (χ2v) is 5.43. The predicted molar refractivity (Wildman–Crippen MR) is 95.1 cm³/mol. The Kier molecular flexibility index (Phi) is 5.12. The number of esters is 1. The first kappa shape index (κ1) is 17.4. The predicted octanol–water partition coefficient (Wildman–Crippen LogP) is 2.26. The van der Waals surface area contributed by atoms with Crippen LogP contribution in [0.5, 0.6) is 5.75 Å². The molecule has 8 heteroatoms. The number of para-hydroxylation sites is 2. The Morgan fingerprint density at radius 2 is 2.00 bits per heavy atom. The summed E-state index contributed by atoms with van der Waals surface area (Å²) in [7, 11) is 1.51. The fraction of sp³-hybridized carbons (Fsp3) is 0.222. The maximum absolute atomic E-state index is 12.2. The van der Waals surface area contributed by atoms with Crippen molar-refractivity contribution in [2.75, 3.05) is 19.0 Å². The maximum Gasteiger partial charge on any atom is 0.338 e. The van der Waals surface area contributed by atoms with Crippen molar-refractivity contribution < 1.29 is 19.1 Å². The number of anilines is 1. The van der Waals surface area contributed by atoms with Crippen LogP contribution in [0.3, 0.4) is 0 Å². The molecule has 1 N–H and O–H groups in total. The van der Waals surface area contributed by atoms with Crippen molar-refractivity contribution in [1.29, 1.82) is 0 Å². The van der Waals surface area contributed by atoms with Gasteiger partial charge in [-0.15, -0.1) is 5.10 Å². The normalized spacial score (nSPS) is 10.5. The van der Waals surface area contributed by atoms with Gasteiger partial charge in [0.2, 0.25) is 0 Å². The van der Waals surface area contributed by atoms with Gasteiger partial charge >= 0.3 is 5.97 Å². The molecule has 1 amide bonds. The van der Waals surface area contributed by atoms with Crippen molar-refractivity contribution in [2.45, 2.75) is 13.5 Å². The molecule has 0 fully saturated rings. The van der Waals surface area contributed by atoms with E-state index >= 15 is 0 Å². The minimum Gasteiger partial charge on any atom is -0.495 e. The first-order valence-electron chi connectivity index (χ1n) is 8.05. The highest BCUT2D eigenvalue weighted by Gasteiger charge is 2.14.